The summed E-state index contributed by atoms with van der Waals surface area (Å²) in [4.78, 5) is 14.7. The van der Waals surface area contributed by atoms with Crippen LogP contribution in [0, 0.1) is 6.92 Å². The van der Waals surface area contributed by atoms with E-state index in [2.05, 4.69) is 4.98 Å². The molecular weight excluding hydrogens is 198 g/mol. The van der Waals surface area contributed by atoms with Crippen molar-refractivity contribution in [3.63, 3.8) is 0 Å². The molecule has 1 aromatic heterocycles. The Kier molecular flexibility index (Phi) is 2.17. The number of aliphatic carboxylic acids is 1. The Morgan fingerprint density at radius 1 is 1.53 bits per heavy atom. The normalized spacial score (nSPS) is 12.9. The molecule has 1 atom stereocenters. The van der Waals surface area contributed by atoms with Gasteiger partial charge in [0, 0.05) is 12.5 Å². The predicted molar refractivity (Wildman–Crippen MR) is 51.3 cm³/mol. The SMILES string of the molecule is Cc1nc2c(C(O)C(=O)O)cccc2o1. The number of nitrogens with zero attached hydrogens (tertiary/aromatic N) is 1. The number of benzene rings is 1. The van der Waals surface area contributed by atoms with Crippen molar-refractivity contribution in [1.82, 2.24) is 4.98 Å². The number of carboxylic acids is 1. The van der Waals surface area contributed by atoms with E-state index in [9.17, 15) is 9.90 Å². The number of fused-ring (bicyclic) bond motifs is 1. The summed E-state index contributed by atoms with van der Waals surface area (Å²) in [7, 11) is 0. The Morgan fingerprint density at radius 2 is 2.27 bits per heavy atom. The van der Waals surface area contributed by atoms with E-state index < -0.39 is 12.1 Å². The zero-order valence-electron chi connectivity index (χ0n) is 7.97. The molecule has 1 aromatic carbocycles. The van der Waals surface area contributed by atoms with E-state index in [1.807, 2.05) is 0 Å². The molecular formula is C10H9NO4. The Bertz CT molecular complexity index is 517. The van der Waals surface area contributed by atoms with Crippen LogP contribution in [0.5, 0.6) is 0 Å². The van der Waals surface area contributed by atoms with E-state index in [0.717, 1.165) is 0 Å². The quantitative estimate of drug-likeness (QED) is 0.774. The third-order valence-electron chi connectivity index (χ3n) is 2.09. The van der Waals surface area contributed by atoms with Gasteiger partial charge in [-0.25, -0.2) is 9.78 Å². The number of rotatable bonds is 2. The van der Waals surface area contributed by atoms with Crippen LogP contribution in [-0.4, -0.2) is 21.2 Å². The van der Waals surface area contributed by atoms with E-state index in [0.29, 0.717) is 17.0 Å². The summed E-state index contributed by atoms with van der Waals surface area (Å²) >= 11 is 0. The lowest BCUT2D eigenvalue weighted by atomic mass is 10.1. The van der Waals surface area contributed by atoms with Crippen LogP contribution in [-0.2, 0) is 4.79 Å². The van der Waals surface area contributed by atoms with Crippen LogP contribution < -0.4 is 0 Å². The summed E-state index contributed by atoms with van der Waals surface area (Å²) in [5.74, 6) is -0.863. The lowest BCUT2D eigenvalue weighted by Gasteiger charge is -2.04. The number of carbonyl (C=O) groups is 1. The van der Waals surface area contributed by atoms with E-state index in [-0.39, 0.29) is 5.56 Å². The molecule has 1 heterocycles. The van der Waals surface area contributed by atoms with E-state index in [4.69, 9.17) is 9.52 Å². The zero-order valence-corrected chi connectivity index (χ0v) is 7.97. The fraction of sp³-hybridized carbons (Fsp3) is 0.200. The number of aryl methyl sites for hydroxylation is 1. The van der Waals surface area contributed by atoms with Gasteiger partial charge in [-0.3, -0.25) is 0 Å². The molecule has 0 bridgehead atoms. The van der Waals surface area contributed by atoms with Gasteiger partial charge in [-0.15, -0.1) is 0 Å². The molecule has 0 aliphatic carbocycles. The highest BCUT2D eigenvalue weighted by Gasteiger charge is 2.20. The maximum atomic E-state index is 10.6. The minimum absolute atomic E-state index is 0.247. The van der Waals surface area contributed by atoms with E-state index in [1.165, 1.54) is 6.07 Å². The lowest BCUT2D eigenvalue weighted by Crippen LogP contribution is -2.10. The Balaban J connectivity index is 2.64. The van der Waals surface area contributed by atoms with Crippen LogP contribution in [0.25, 0.3) is 11.1 Å². The third kappa shape index (κ3) is 1.57. The van der Waals surface area contributed by atoms with Gasteiger partial charge in [0.25, 0.3) is 0 Å². The number of aromatic nitrogens is 1. The fourth-order valence-electron chi connectivity index (χ4n) is 1.43. The Morgan fingerprint density at radius 3 is 2.93 bits per heavy atom. The molecule has 0 saturated heterocycles. The highest BCUT2D eigenvalue weighted by Crippen LogP contribution is 2.24. The van der Waals surface area contributed by atoms with Crippen molar-refractivity contribution in [2.45, 2.75) is 13.0 Å². The van der Waals surface area contributed by atoms with Gasteiger partial charge >= 0.3 is 5.97 Å². The van der Waals surface area contributed by atoms with Gasteiger partial charge in [-0.05, 0) is 6.07 Å². The second kappa shape index (κ2) is 3.36. The van der Waals surface area contributed by atoms with E-state index in [1.54, 1.807) is 19.1 Å². The maximum absolute atomic E-state index is 10.6. The summed E-state index contributed by atoms with van der Waals surface area (Å²) in [5, 5.41) is 18.1. The zero-order chi connectivity index (χ0) is 11.0. The van der Waals surface area contributed by atoms with Gasteiger partial charge < -0.3 is 14.6 Å². The average molecular weight is 207 g/mol. The number of aliphatic hydroxyl groups excluding tert-OH is 1. The minimum atomic E-state index is -1.57. The first-order valence-corrected chi connectivity index (χ1v) is 4.36. The number of aliphatic hydroxyl groups is 1. The molecule has 0 aliphatic rings. The average Bonchev–Trinajstić information content (AvgIpc) is 2.56. The van der Waals surface area contributed by atoms with Gasteiger partial charge in [-0.2, -0.15) is 0 Å². The van der Waals surface area contributed by atoms with Gasteiger partial charge in [0.2, 0.25) is 0 Å². The largest absolute Gasteiger partial charge is 0.479 e. The maximum Gasteiger partial charge on any atom is 0.337 e. The highest BCUT2D eigenvalue weighted by molar-refractivity contribution is 5.84. The molecule has 5 heteroatoms. The summed E-state index contributed by atoms with van der Waals surface area (Å²) < 4.78 is 5.22. The second-order valence-corrected chi connectivity index (χ2v) is 3.17. The molecule has 0 fully saturated rings. The fourth-order valence-corrected chi connectivity index (χ4v) is 1.43. The molecule has 78 valence electrons. The molecule has 2 N–H and O–H groups in total. The third-order valence-corrected chi connectivity index (χ3v) is 2.09. The Hall–Kier alpha value is -1.88. The molecule has 0 radical (unpaired) electrons. The van der Waals surface area contributed by atoms with Crippen LogP contribution >= 0.6 is 0 Å². The van der Waals surface area contributed by atoms with Crippen molar-refractivity contribution >= 4 is 17.1 Å². The number of carboxylic acid groups (broad SMARTS) is 1. The monoisotopic (exact) mass is 207 g/mol. The summed E-state index contributed by atoms with van der Waals surface area (Å²) in [6.07, 6.45) is -1.57. The first-order valence-electron chi connectivity index (χ1n) is 4.36. The van der Waals surface area contributed by atoms with Gasteiger partial charge in [0.15, 0.2) is 17.6 Å². The summed E-state index contributed by atoms with van der Waals surface area (Å²) in [6, 6.07) is 4.81. The first kappa shape index (κ1) is 9.67. The minimum Gasteiger partial charge on any atom is -0.479 e. The number of para-hydroxylation sites is 1. The molecule has 0 saturated carbocycles. The van der Waals surface area contributed by atoms with Gasteiger partial charge in [0.05, 0.1) is 0 Å². The molecule has 2 aromatic rings. The van der Waals surface area contributed by atoms with Crippen LogP contribution in [0.15, 0.2) is 22.6 Å². The Labute approximate surface area is 85.0 Å². The molecule has 0 aliphatic heterocycles. The topological polar surface area (TPSA) is 83.6 Å². The summed E-state index contributed by atoms with van der Waals surface area (Å²) in [6.45, 7) is 1.66. The smallest absolute Gasteiger partial charge is 0.337 e. The highest BCUT2D eigenvalue weighted by atomic mass is 16.4. The van der Waals surface area contributed by atoms with Crippen molar-refractivity contribution in [2.75, 3.05) is 0 Å². The molecule has 15 heavy (non-hydrogen) atoms. The van der Waals surface area contributed by atoms with Gasteiger partial charge in [0.1, 0.15) is 5.52 Å². The molecule has 0 amide bonds. The van der Waals surface area contributed by atoms with Crippen molar-refractivity contribution in [2.24, 2.45) is 0 Å². The van der Waals surface area contributed by atoms with Crippen LogP contribution in [0.4, 0.5) is 0 Å². The van der Waals surface area contributed by atoms with E-state index >= 15 is 0 Å². The lowest BCUT2D eigenvalue weighted by molar-refractivity contribution is -0.146. The van der Waals surface area contributed by atoms with Crippen LogP contribution in [0.2, 0.25) is 0 Å². The van der Waals surface area contributed by atoms with Crippen molar-refractivity contribution in [1.29, 1.82) is 0 Å². The second-order valence-electron chi connectivity index (χ2n) is 3.17. The first-order chi connectivity index (χ1) is 7.09. The molecule has 2 rings (SSSR count). The van der Waals surface area contributed by atoms with Gasteiger partial charge in [-0.1, -0.05) is 12.1 Å². The van der Waals surface area contributed by atoms with Crippen molar-refractivity contribution in [3.8, 4) is 0 Å². The standard InChI is InChI=1S/C10H9NO4/c1-5-11-8-6(9(12)10(13)14)3-2-4-7(8)15-5/h2-4,9,12H,1H3,(H,13,14). The number of hydrogen-bond donors (Lipinski definition) is 2. The van der Waals surface area contributed by atoms with Crippen LogP contribution in [0.3, 0.4) is 0 Å². The number of oxazole rings is 1. The number of hydrogen-bond acceptors (Lipinski definition) is 4. The van der Waals surface area contributed by atoms with Crippen molar-refractivity contribution < 1.29 is 19.4 Å². The predicted octanol–water partition coefficient (Wildman–Crippen LogP) is 1.25. The molecule has 5 nitrogen and oxygen atoms in total. The molecule has 0 spiro atoms. The van der Waals surface area contributed by atoms with Crippen LogP contribution in [0.1, 0.15) is 17.6 Å². The van der Waals surface area contributed by atoms with Crippen molar-refractivity contribution in [3.05, 3.63) is 29.7 Å². The molecule has 1 unspecified atom stereocenters. The summed E-state index contributed by atoms with van der Waals surface area (Å²) in [5.41, 5.74) is 1.12.